The average Bonchev–Trinajstić information content (AvgIpc) is 2.35. The molecule has 0 saturated heterocycles. The molecule has 0 spiro atoms. The number of hydrogen-bond acceptors (Lipinski definition) is 3. The number of oxime groups is 1. The van der Waals surface area contributed by atoms with Gasteiger partial charge in [-0.15, -0.1) is 0 Å². The monoisotopic (exact) mass is 256 g/mol. The normalized spacial score (nSPS) is 11.5. The van der Waals surface area contributed by atoms with Crippen LogP contribution >= 0.6 is 11.6 Å². The van der Waals surface area contributed by atoms with E-state index >= 15 is 0 Å². The fourth-order valence-electron chi connectivity index (χ4n) is 1.37. The number of nitrogens with two attached hydrogens (primary N) is 1. The Morgan fingerprint density at radius 3 is 2.82 bits per heavy atom. The lowest BCUT2D eigenvalue weighted by atomic mass is 10.2. The van der Waals surface area contributed by atoms with E-state index in [1.807, 2.05) is 0 Å². The van der Waals surface area contributed by atoms with Crippen LogP contribution < -0.4 is 10.5 Å². The van der Waals surface area contributed by atoms with Gasteiger partial charge in [-0.2, -0.15) is 0 Å². The molecule has 4 nitrogen and oxygen atoms in total. The van der Waals surface area contributed by atoms with Gasteiger partial charge in [-0.3, -0.25) is 0 Å². The van der Waals surface area contributed by atoms with Crippen LogP contribution in [0.4, 0.5) is 0 Å². The van der Waals surface area contributed by atoms with Gasteiger partial charge in [0.15, 0.2) is 5.84 Å². The van der Waals surface area contributed by atoms with Crippen molar-refractivity contribution in [3.05, 3.63) is 28.8 Å². The minimum absolute atomic E-state index is 0.0319. The Kier molecular flexibility index (Phi) is 5.63. The van der Waals surface area contributed by atoms with E-state index in [2.05, 4.69) is 12.1 Å². The molecule has 1 rings (SSSR count). The summed E-state index contributed by atoms with van der Waals surface area (Å²) < 4.78 is 5.53. The first-order valence-electron chi connectivity index (χ1n) is 5.59. The van der Waals surface area contributed by atoms with Gasteiger partial charge in [0, 0.05) is 5.56 Å². The molecule has 5 heteroatoms. The summed E-state index contributed by atoms with van der Waals surface area (Å²) >= 11 is 6.03. The maximum Gasteiger partial charge on any atom is 0.170 e. The Hall–Kier alpha value is -1.42. The Bertz CT molecular complexity index is 394. The Morgan fingerprint density at radius 1 is 1.47 bits per heavy atom. The van der Waals surface area contributed by atoms with Gasteiger partial charge in [-0.1, -0.05) is 36.5 Å². The number of benzene rings is 1. The second kappa shape index (κ2) is 7.01. The fraction of sp³-hybridized carbons (Fsp3) is 0.417. The number of unbranched alkanes of at least 4 members (excludes halogenated alkanes) is 2. The summed E-state index contributed by atoms with van der Waals surface area (Å²) in [6, 6.07) is 5.05. The largest absolute Gasteiger partial charge is 0.492 e. The SMILES string of the molecule is CCCCCOc1ccc(C(N)=NO)cc1Cl. The van der Waals surface area contributed by atoms with Gasteiger partial charge in [-0.25, -0.2) is 0 Å². The van der Waals surface area contributed by atoms with E-state index in [-0.39, 0.29) is 5.84 Å². The van der Waals surface area contributed by atoms with Gasteiger partial charge in [0.05, 0.1) is 11.6 Å². The number of ether oxygens (including phenoxy) is 1. The van der Waals surface area contributed by atoms with Crippen LogP contribution in [-0.2, 0) is 0 Å². The highest BCUT2D eigenvalue weighted by Crippen LogP contribution is 2.25. The summed E-state index contributed by atoms with van der Waals surface area (Å²) in [5, 5.41) is 11.9. The van der Waals surface area contributed by atoms with Gasteiger partial charge in [0.25, 0.3) is 0 Å². The van der Waals surface area contributed by atoms with Crippen LogP contribution in [-0.4, -0.2) is 17.6 Å². The summed E-state index contributed by atoms with van der Waals surface area (Å²) in [6.45, 7) is 2.79. The number of amidine groups is 1. The highest BCUT2D eigenvalue weighted by Gasteiger charge is 2.05. The van der Waals surface area contributed by atoms with Crippen LogP contribution in [0.3, 0.4) is 0 Å². The first-order valence-corrected chi connectivity index (χ1v) is 5.97. The van der Waals surface area contributed by atoms with Crippen molar-refractivity contribution in [2.75, 3.05) is 6.61 Å². The molecule has 0 unspecified atom stereocenters. The van der Waals surface area contributed by atoms with E-state index in [0.717, 1.165) is 19.3 Å². The van der Waals surface area contributed by atoms with Gasteiger partial charge in [-0.05, 0) is 24.6 Å². The maximum absolute atomic E-state index is 8.54. The molecule has 0 bridgehead atoms. The number of nitrogens with zero attached hydrogens (tertiary/aromatic N) is 1. The molecule has 3 N–H and O–H groups in total. The van der Waals surface area contributed by atoms with Crippen molar-refractivity contribution in [2.24, 2.45) is 10.9 Å². The average molecular weight is 257 g/mol. The van der Waals surface area contributed by atoms with Crippen molar-refractivity contribution in [1.29, 1.82) is 0 Å². The van der Waals surface area contributed by atoms with Crippen molar-refractivity contribution < 1.29 is 9.94 Å². The van der Waals surface area contributed by atoms with Crippen LogP contribution in [0.25, 0.3) is 0 Å². The Labute approximate surface area is 106 Å². The minimum atomic E-state index is 0.0319. The molecular weight excluding hydrogens is 240 g/mol. The molecule has 0 heterocycles. The lowest BCUT2D eigenvalue weighted by molar-refractivity contribution is 0.306. The molecule has 94 valence electrons. The molecule has 0 aliphatic carbocycles. The molecule has 0 saturated carbocycles. The molecule has 1 aromatic carbocycles. The molecule has 0 aromatic heterocycles. The van der Waals surface area contributed by atoms with E-state index < -0.39 is 0 Å². The molecule has 0 radical (unpaired) electrons. The predicted octanol–water partition coefficient (Wildman–Crippen LogP) is 3.00. The van der Waals surface area contributed by atoms with Crippen molar-refractivity contribution in [1.82, 2.24) is 0 Å². The van der Waals surface area contributed by atoms with E-state index in [1.165, 1.54) is 0 Å². The Balaban J connectivity index is 2.63. The van der Waals surface area contributed by atoms with Crippen molar-refractivity contribution >= 4 is 17.4 Å². The van der Waals surface area contributed by atoms with Crippen molar-refractivity contribution in [2.45, 2.75) is 26.2 Å². The molecule has 0 fully saturated rings. The zero-order valence-corrected chi connectivity index (χ0v) is 10.6. The second-order valence-corrected chi connectivity index (χ2v) is 4.09. The third-order valence-corrected chi connectivity index (χ3v) is 2.64. The molecule has 17 heavy (non-hydrogen) atoms. The lowest BCUT2D eigenvalue weighted by Gasteiger charge is -2.08. The van der Waals surface area contributed by atoms with Gasteiger partial charge >= 0.3 is 0 Å². The summed E-state index contributed by atoms with van der Waals surface area (Å²) in [5.41, 5.74) is 6.02. The minimum Gasteiger partial charge on any atom is -0.492 e. The fourth-order valence-corrected chi connectivity index (χ4v) is 1.60. The highest BCUT2D eigenvalue weighted by molar-refractivity contribution is 6.32. The molecule has 0 aliphatic rings. The topological polar surface area (TPSA) is 67.8 Å². The zero-order valence-electron chi connectivity index (χ0n) is 9.82. The standard InChI is InChI=1S/C12H17ClN2O2/c1-2-3-4-7-17-11-6-5-9(8-10(11)13)12(14)15-16/h5-6,8,16H,2-4,7H2,1H3,(H2,14,15). The first-order chi connectivity index (χ1) is 8.19. The second-order valence-electron chi connectivity index (χ2n) is 3.69. The number of hydrogen-bond donors (Lipinski definition) is 2. The predicted molar refractivity (Wildman–Crippen MR) is 69.0 cm³/mol. The zero-order chi connectivity index (χ0) is 12.7. The van der Waals surface area contributed by atoms with Gasteiger partial charge in [0.1, 0.15) is 5.75 Å². The number of rotatable bonds is 6. The van der Waals surface area contributed by atoms with Crippen LogP contribution in [0.1, 0.15) is 31.7 Å². The van der Waals surface area contributed by atoms with E-state index in [0.29, 0.717) is 22.9 Å². The third kappa shape index (κ3) is 4.15. The van der Waals surface area contributed by atoms with Crippen molar-refractivity contribution in [3.8, 4) is 5.75 Å². The molecular formula is C12H17ClN2O2. The van der Waals surface area contributed by atoms with E-state index in [4.69, 9.17) is 27.3 Å². The summed E-state index contributed by atoms with van der Waals surface area (Å²) in [6.07, 6.45) is 3.30. The quantitative estimate of drug-likeness (QED) is 0.270. The highest BCUT2D eigenvalue weighted by atomic mass is 35.5. The van der Waals surface area contributed by atoms with Crippen LogP contribution in [0.2, 0.25) is 5.02 Å². The molecule has 0 amide bonds. The maximum atomic E-state index is 8.54. The molecule has 0 atom stereocenters. The smallest absolute Gasteiger partial charge is 0.170 e. The number of halogens is 1. The van der Waals surface area contributed by atoms with Gasteiger partial charge in [0.2, 0.25) is 0 Å². The summed E-state index contributed by atoms with van der Waals surface area (Å²) in [4.78, 5) is 0. The van der Waals surface area contributed by atoms with Gasteiger partial charge < -0.3 is 15.7 Å². The van der Waals surface area contributed by atoms with E-state index in [9.17, 15) is 0 Å². The van der Waals surface area contributed by atoms with Crippen LogP contribution in [0.5, 0.6) is 5.75 Å². The first kappa shape index (κ1) is 13.6. The Morgan fingerprint density at radius 2 is 2.24 bits per heavy atom. The van der Waals surface area contributed by atoms with E-state index in [1.54, 1.807) is 18.2 Å². The molecule has 0 aliphatic heterocycles. The summed E-state index contributed by atoms with van der Waals surface area (Å²) in [5.74, 6) is 0.654. The van der Waals surface area contributed by atoms with Crippen LogP contribution in [0, 0.1) is 0 Å². The van der Waals surface area contributed by atoms with Crippen molar-refractivity contribution in [3.63, 3.8) is 0 Å². The van der Waals surface area contributed by atoms with Crippen LogP contribution in [0.15, 0.2) is 23.4 Å². The summed E-state index contributed by atoms with van der Waals surface area (Å²) in [7, 11) is 0. The third-order valence-electron chi connectivity index (χ3n) is 2.34. The lowest BCUT2D eigenvalue weighted by Crippen LogP contribution is -2.13. The molecule has 1 aromatic rings.